The summed E-state index contributed by atoms with van der Waals surface area (Å²) in [5.41, 5.74) is 0.742. The zero-order chi connectivity index (χ0) is 15.4. The van der Waals surface area contributed by atoms with Crippen molar-refractivity contribution in [1.29, 1.82) is 0 Å². The SMILES string of the molecule is CC(C)c1nc(Br)cc(NC2C3(C)CCC(C3)C2(C)C)n1. The average molecular weight is 352 g/mol. The van der Waals surface area contributed by atoms with Crippen LogP contribution in [0.25, 0.3) is 0 Å². The minimum Gasteiger partial charge on any atom is -0.366 e. The molecule has 0 spiro atoms. The summed E-state index contributed by atoms with van der Waals surface area (Å²) in [6.07, 6.45) is 4.06. The third-order valence-corrected chi connectivity index (χ3v) is 6.20. The van der Waals surface area contributed by atoms with Gasteiger partial charge >= 0.3 is 0 Å². The number of anilines is 1. The van der Waals surface area contributed by atoms with Crippen LogP contribution in [0.2, 0.25) is 0 Å². The van der Waals surface area contributed by atoms with Gasteiger partial charge in [0.1, 0.15) is 16.2 Å². The number of halogens is 1. The third kappa shape index (κ3) is 2.49. The highest BCUT2D eigenvalue weighted by atomic mass is 79.9. The number of hydrogen-bond acceptors (Lipinski definition) is 3. The fourth-order valence-corrected chi connectivity index (χ4v) is 4.98. The minimum absolute atomic E-state index is 0.336. The Morgan fingerprint density at radius 2 is 2.00 bits per heavy atom. The molecule has 1 aromatic rings. The summed E-state index contributed by atoms with van der Waals surface area (Å²) in [6.45, 7) is 11.5. The van der Waals surface area contributed by atoms with Crippen molar-refractivity contribution in [2.24, 2.45) is 16.7 Å². The first-order valence-corrected chi connectivity index (χ1v) is 8.83. The van der Waals surface area contributed by atoms with Gasteiger partial charge in [0, 0.05) is 18.0 Å². The van der Waals surface area contributed by atoms with Gasteiger partial charge in [-0.2, -0.15) is 0 Å². The molecule has 0 saturated heterocycles. The molecule has 3 unspecified atom stereocenters. The van der Waals surface area contributed by atoms with Gasteiger partial charge in [0.25, 0.3) is 0 Å². The summed E-state index contributed by atoms with van der Waals surface area (Å²) in [7, 11) is 0. The molecule has 2 bridgehead atoms. The van der Waals surface area contributed by atoms with E-state index in [1.54, 1.807) is 0 Å². The van der Waals surface area contributed by atoms with Gasteiger partial charge in [0.2, 0.25) is 0 Å². The first-order chi connectivity index (χ1) is 9.72. The molecule has 0 aliphatic heterocycles. The van der Waals surface area contributed by atoms with Gasteiger partial charge in [-0.05, 0) is 51.9 Å². The maximum absolute atomic E-state index is 4.72. The number of fused-ring (bicyclic) bond motifs is 2. The fraction of sp³-hybridized carbons (Fsp3) is 0.765. The Balaban J connectivity index is 1.90. The summed E-state index contributed by atoms with van der Waals surface area (Å²) in [5, 5.41) is 3.76. The average Bonchev–Trinajstić information content (AvgIpc) is 2.85. The molecule has 3 rings (SSSR count). The standard InChI is InChI=1S/C17H26BrN3/c1-10(2)14-19-12(18)8-13(20-14)21-15-16(3,4)11-6-7-17(15,5)9-11/h8,10-11,15H,6-7,9H2,1-5H3,(H,19,20,21). The van der Waals surface area contributed by atoms with Crippen LogP contribution in [0, 0.1) is 16.7 Å². The van der Waals surface area contributed by atoms with Gasteiger partial charge < -0.3 is 5.32 Å². The summed E-state index contributed by atoms with van der Waals surface area (Å²) in [6, 6.07) is 2.50. The van der Waals surface area contributed by atoms with Gasteiger partial charge in [0.15, 0.2) is 0 Å². The lowest BCUT2D eigenvalue weighted by molar-refractivity contribution is 0.155. The minimum atomic E-state index is 0.336. The summed E-state index contributed by atoms with van der Waals surface area (Å²) in [4.78, 5) is 9.20. The first kappa shape index (κ1) is 15.3. The van der Waals surface area contributed by atoms with Crippen LogP contribution in [0.1, 0.15) is 65.6 Å². The van der Waals surface area contributed by atoms with E-state index in [4.69, 9.17) is 4.98 Å². The monoisotopic (exact) mass is 351 g/mol. The number of nitrogens with one attached hydrogen (secondary N) is 1. The van der Waals surface area contributed by atoms with Crippen molar-refractivity contribution < 1.29 is 0 Å². The van der Waals surface area contributed by atoms with Gasteiger partial charge in [-0.1, -0.05) is 34.6 Å². The molecule has 2 saturated carbocycles. The van der Waals surface area contributed by atoms with Crippen molar-refractivity contribution in [2.45, 2.75) is 65.8 Å². The second-order valence-corrected chi connectivity index (χ2v) is 8.89. The highest BCUT2D eigenvalue weighted by Gasteiger charge is 2.59. The summed E-state index contributed by atoms with van der Waals surface area (Å²) in [5.74, 6) is 3.05. The van der Waals surface area contributed by atoms with Crippen molar-refractivity contribution in [1.82, 2.24) is 9.97 Å². The quantitative estimate of drug-likeness (QED) is 0.779. The molecule has 1 aromatic heterocycles. The van der Waals surface area contributed by atoms with Crippen LogP contribution in [-0.4, -0.2) is 16.0 Å². The molecule has 1 N–H and O–H groups in total. The summed E-state index contributed by atoms with van der Waals surface area (Å²) >= 11 is 3.52. The van der Waals surface area contributed by atoms with Crippen molar-refractivity contribution in [3.05, 3.63) is 16.5 Å². The summed E-state index contributed by atoms with van der Waals surface area (Å²) < 4.78 is 0.870. The van der Waals surface area contributed by atoms with E-state index in [-0.39, 0.29) is 0 Å². The van der Waals surface area contributed by atoms with E-state index in [1.165, 1.54) is 19.3 Å². The van der Waals surface area contributed by atoms with Crippen LogP contribution in [-0.2, 0) is 0 Å². The Labute approximate surface area is 136 Å². The predicted octanol–water partition coefficient (Wildman–Crippen LogP) is 4.99. The Hall–Kier alpha value is -0.640. The van der Waals surface area contributed by atoms with Gasteiger partial charge in [0.05, 0.1) is 0 Å². The maximum atomic E-state index is 4.72. The van der Waals surface area contributed by atoms with Gasteiger partial charge in [-0.3, -0.25) is 0 Å². The van der Waals surface area contributed by atoms with Crippen LogP contribution >= 0.6 is 15.9 Å². The Morgan fingerprint density at radius 3 is 2.57 bits per heavy atom. The molecule has 3 atom stereocenters. The third-order valence-electron chi connectivity index (χ3n) is 5.79. The molecule has 0 radical (unpaired) electrons. The molecular weight excluding hydrogens is 326 g/mol. The van der Waals surface area contributed by atoms with Gasteiger partial charge in [-0.15, -0.1) is 0 Å². The number of rotatable bonds is 3. The molecular formula is C17H26BrN3. The van der Waals surface area contributed by atoms with Crippen LogP contribution in [0.15, 0.2) is 10.7 Å². The second-order valence-electron chi connectivity index (χ2n) is 8.08. The van der Waals surface area contributed by atoms with E-state index >= 15 is 0 Å². The highest BCUT2D eigenvalue weighted by Crippen LogP contribution is 2.63. The van der Waals surface area contributed by atoms with Crippen LogP contribution in [0.4, 0.5) is 5.82 Å². The Bertz CT molecular complexity index is 550. The van der Waals surface area contributed by atoms with Crippen molar-refractivity contribution >= 4 is 21.7 Å². The maximum Gasteiger partial charge on any atom is 0.134 e. The lowest BCUT2D eigenvalue weighted by atomic mass is 9.68. The molecule has 2 aliphatic rings. The topological polar surface area (TPSA) is 37.8 Å². The Morgan fingerprint density at radius 1 is 1.29 bits per heavy atom. The second kappa shape index (κ2) is 4.94. The smallest absolute Gasteiger partial charge is 0.134 e. The fourth-order valence-electron chi connectivity index (χ4n) is 4.58. The molecule has 0 aromatic carbocycles. The number of hydrogen-bond donors (Lipinski definition) is 1. The zero-order valence-electron chi connectivity index (χ0n) is 13.7. The van der Waals surface area contributed by atoms with E-state index in [9.17, 15) is 0 Å². The predicted molar refractivity (Wildman–Crippen MR) is 90.5 cm³/mol. The van der Waals surface area contributed by atoms with Crippen LogP contribution in [0.3, 0.4) is 0 Å². The number of nitrogens with zero attached hydrogens (tertiary/aromatic N) is 2. The number of aromatic nitrogens is 2. The van der Waals surface area contributed by atoms with E-state index in [1.807, 2.05) is 6.07 Å². The van der Waals surface area contributed by atoms with Crippen LogP contribution < -0.4 is 5.32 Å². The van der Waals surface area contributed by atoms with E-state index < -0.39 is 0 Å². The molecule has 1 heterocycles. The lowest BCUT2D eigenvalue weighted by Gasteiger charge is -2.43. The molecule has 4 heteroatoms. The van der Waals surface area contributed by atoms with Crippen molar-refractivity contribution in [3.8, 4) is 0 Å². The van der Waals surface area contributed by atoms with E-state index in [0.717, 1.165) is 22.2 Å². The van der Waals surface area contributed by atoms with Crippen molar-refractivity contribution in [2.75, 3.05) is 5.32 Å². The molecule has 3 nitrogen and oxygen atoms in total. The molecule has 116 valence electrons. The zero-order valence-corrected chi connectivity index (χ0v) is 15.3. The normalized spacial score (nSPS) is 33.7. The van der Waals surface area contributed by atoms with Gasteiger partial charge in [-0.25, -0.2) is 9.97 Å². The lowest BCUT2D eigenvalue weighted by Crippen LogP contribution is -2.46. The molecule has 2 fully saturated rings. The first-order valence-electron chi connectivity index (χ1n) is 8.03. The Kier molecular flexibility index (Phi) is 3.59. The highest BCUT2D eigenvalue weighted by molar-refractivity contribution is 9.10. The van der Waals surface area contributed by atoms with E-state index in [2.05, 4.69) is 60.8 Å². The largest absolute Gasteiger partial charge is 0.366 e. The molecule has 21 heavy (non-hydrogen) atoms. The van der Waals surface area contributed by atoms with Crippen LogP contribution in [0.5, 0.6) is 0 Å². The molecule has 2 aliphatic carbocycles. The van der Waals surface area contributed by atoms with E-state index in [0.29, 0.717) is 22.8 Å². The van der Waals surface area contributed by atoms with Crippen molar-refractivity contribution in [3.63, 3.8) is 0 Å². The molecule has 0 amide bonds.